The van der Waals surface area contributed by atoms with Gasteiger partial charge in [-0.2, -0.15) is 0 Å². The quantitative estimate of drug-likeness (QED) is 0.467. The molecule has 2 unspecified atom stereocenters. The Kier molecular flexibility index (Phi) is 5.69. The molecule has 0 bridgehead atoms. The molecule has 1 fully saturated rings. The summed E-state index contributed by atoms with van der Waals surface area (Å²) in [7, 11) is 0. The lowest BCUT2D eigenvalue weighted by Gasteiger charge is -2.19. The van der Waals surface area contributed by atoms with Crippen LogP contribution in [0.25, 0.3) is 0 Å². The van der Waals surface area contributed by atoms with E-state index in [1.807, 2.05) is 12.1 Å². The van der Waals surface area contributed by atoms with E-state index in [0.717, 1.165) is 33.6 Å². The number of benzene rings is 1. The van der Waals surface area contributed by atoms with E-state index in [9.17, 15) is 0 Å². The minimum Gasteiger partial charge on any atom is -0.378 e. The fraction of sp³-hybridized carbons (Fsp3) is 0.538. The van der Waals surface area contributed by atoms with Crippen LogP contribution in [0, 0.1) is 3.57 Å². The number of nitrogens with two attached hydrogens (primary N) is 1. The van der Waals surface area contributed by atoms with E-state index in [4.69, 9.17) is 22.2 Å². The Bertz CT molecular complexity index is 397. The van der Waals surface area contributed by atoms with Gasteiger partial charge in [-0.15, -0.1) is 0 Å². The fourth-order valence-electron chi connectivity index (χ4n) is 2.30. The monoisotopic (exact) mass is 380 g/mol. The second kappa shape index (κ2) is 7.05. The van der Waals surface area contributed by atoms with Gasteiger partial charge in [0.1, 0.15) is 0 Å². The molecule has 0 radical (unpaired) electrons. The lowest BCUT2D eigenvalue weighted by molar-refractivity contribution is 0.0996. The van der Waals surface area contributed by atoms with Gasteiger partial charge in [-0.1, -0.05) is 17.7 Å². The van der Waals surface area contributed by atoms with Gasteiger partial charge in [0.2, 0.25) is 0 Å². The van der Waals surface area contributed by atoms with Crippen LogP contribution in [0.15, 0.2) is 18.2 Å². The highest BCUT2D eigenvalue weighted by Gasteiger charge is 2.18. The third kappa shape index (κ3) is 3.81. The topological polar surface area (TPSA) is 47.3 Å². The molecule has 1 aromatic carbocycles. The molecule has 1 heterocycles. The first-order chi connectivity index (χ1) is 8.70. The molecule has 100 valence electrons. The van der Waals surface area contributed by atoms with Crippen molar-refractivity contribution in [3.63, 3.8) is 0 Å². The van der Waals surface area contributed by atoms with E-state index in [1.54, 1.807) is 0 Å². The van der Waals surface area contributed by atoms with Crippen LogP contribution >= 0.6 is 34.2 Å². The third-order valence-corrected chi connectivity index (χ3v) is 4.92. The SMILES string of the molecule is NNC(CCC1CCCO1)c1ccc(I)c(Cl)c1. The van der Waals surface area contributed by atoms with Crippen molar-refractivity contribution >= 4 is 34.2 Å². The van der Waals surface area contributed by atoms with Crippen molar-refractivity contribution in [3.8, 4) is 0 Å². The van der Waals surface area contributed by atoms with E-state index in [2.05, 4.69) is 34.1 Å². The molecule has 0 saturated carbocycles. The van der Waals surface area contributed by atoms with Gasteiger partial charge in [0, 0.05) is 16.2 Å². The van der Waals surface area contributed by atoms with E-state index >= 15 is 0 Å². The minimum atomic E-state index is 0.142. The molecule has 1 aromatic rings. The van der Waals surface area contributed by atoms with Crippen LogP contribution in [-0.4, -0.2) is 12.7 Å². The number of hydrogen-bond donors (Lipinski definition) is 2. The second-order valence-electron chi connectivity index (χ2n) is 4.61. The van der Waals surface area contributed by atoms with Crippen LogP contribution in [-0.2, 0) is 4.74 Å². The van der Waals surface area contributed by atoms with Crippen LogP contribution < -0.4 is 11.3 Å². The molecule has 2 atom stereocenters. The molecule has 3 N–H and O–H groups in total. The predicted octanol–water partition coefficient (Wildman–Crippen LogP) is 3.41. The summed E-state index contributed by atoms with van der Waals surface area (Å²) in [5, 5.41) is 0.783. The van der Waals surface area contributed by atoms with Crippen LogP contribution in [0.2, 0.25) is 5.02 Å². The summed E-state index contributed by atoms with van der Waals surface area (Å²) in [4.78, 5) is 0. The molecule has 5 heteroatoms. The molecule has 2 rings (SSSR count). The summed E-state index contributed by atoms with van der Waals surface area (Å²) in [5.74, 6) is 5.64. The molecule has 1 aliphatic rings. The Labute approximate surface area is 127 Å². The first kappa shape index (κ1) is 14.5. The van der Waals surface area contributed by atoms with E-state index in [0.29, 0.717) is 6.10 Å². The van der Waals surface area contributed by atoms with Crippen LogP contribution in [0.4, 0.5) is 0 Å². The average Bonchev–Trinajstić information content (AvgIpc) is 2.87. The first-order valence-corrected chi connectivity index (χ1v) is 7.69. The standard InChI is InChI=1S/C13H18ClIN2O/c14-11-8-9(3-5-12(11)15)13(17-16)6-4-10-2-1-7-18-10/h3,5,8,10,13,17H,1-2,4,6-7,16H2. The maximum Gasteiger partial charge on any atom is 0.0576 e. The molecule has 0 aliphatic carbocycles. The smallest absolute Gasteiger partial charge is 0.0576 e. The largest absolute Gasteiger partial charge is 0.378 e. The summed E-state index contributed by atoms with van der Waals surface area (Å²) < 4.78 is 6.69. The number of ether oxygens (including phenoxy) is 1. The zero-order valence-electron chi connectivity index (χ0n) is 10.2. The maximum atomic E-state index is 6.14. The molecule has 0 aromatic heterocycles. The van der Waals surface area contributed by atoms with Crippen molar-refractivity contribution in [2.75, 3.05) is 6.61 Å². The van der Waals surface area contributed by atoms with Gasteiger partial charge in [-0.25, -0.2) is 0 Å². The number of nitrogens with one attached hydrogen (secondary N) is 1. The zero-order chi connectivity index (χ0) is 13.0. The zero-order valence-corrected chi connectivity index (χ0v) is 13.1. The van der Waals surface area contributed by atoms with Crippen molar-refractivity contribution in [2.45, 2.75) is 37.8 Å². The fourth-order valence-corrected chi connectivity index (χ4v) is 2.82. The molecule has 1 saturated heterocycles. The Morgan fingerprint density at radius 2 is 2.39 bits per heavy atom. The Balaban J connectivity index is 1.96. The summed E-state index contributed by atoms with van der Waals surface area (Å²) in [5.41, 5.74) is 4.01. The lowest BCUT2D eigenvalue weighted by atomic mass is 10.00. The van der Waals surface area contributed by atoms with Gasteiger partial charge in [0.05, 0.1) is 11.1 Å². The van der Waals surface area contributed by atoms with E-state index in [-0.39, 0.29) is 6.04 Å². The highest BCUT2D eigenvalue weighted by atomic mass is 127. The minimum absolute atomic E-state index is 0.142. The van der Waals surface area contributed by atoms with E-state index < -0.39 is 0 Å². The number of hydrogen-bond acceptors (Lipinski definition) is 3. The summed E-state index contributed by atoms with van der Waals surface area (Å²) in [6.45, 7) is 0.904. The van der Waals surface area contributed by atoms with Crippen LogP contribution in [0.5, 0.6) is 0 Å². The summed E-state index contributed by atoms with van der Waals surface area (Å²) in [6, 6.07) is 6.23. The van der Waals surface area contributed by atoms with Gasteiger partial charge >= 0.3 is 0 Å². The van der Waals surface area contributed by atoms with Crippen LogP contribution in [0.3, 0.4) is 0 Å². The van der Waals surface area contributed by atoms with Crippen LogP contribution in [0.1, 0.15) is 37.3 Å². The average molecular weight is 381 g/mol. The van der Waals surface area contributed by atoms with Crippen molar-refractivity contribution in [1.82, 2.24) is 5.43 Å². The molecule has 0 amide bonds. The molecule has 18 heavy (non-hydrogen) atoms. The maximum absolute atomic E-state index is 6.14. The molecular weight excluding hydrogens is 363 g/mol. The summed E-state index contributed by atoms with van der Waals surface area (Å²) >= 11 is 8.37. The Hall–Kier alpha value is 0.120. The third-order valence-electron chi connectivity index (χ3n) is 3.35. The Morgan fingerprint density at radius 3 is 3.00 bits per heavy atom. The van der Waals surface area contributed by atoms with Gasteiger partial charge in [-0.05, 0) is 66.0 Å². The lowest BCUT2D eigenvalue weighted by Crippen LogP contribution is -2.28. The van der Waals surface area contributed by atoms with Gasteiger partial charge in [0.15, 0.2) is 0 Å². The normalized spacial score (nSPS) is 21.2. The van der Waals surface area contributed by atoms with Gasteiger partial charge in [-0.3, -0.25) is 11.3 Å². The molecule has 0 spiro atoms. The molecule has 3 nitrogen and oxygen atoms in total. The number of hydrazine groups is 1. The summed E-state index contributed by atoms with van der Waals surface area (Å²) in [6.07, 6.45) is 4.77. The second-order valence-corrected chi connectivity index (χ2v) is 6.17. The van der Waals surface area contributed by atoms with Crippen molar-refractivity contribution in [2.24, 2.45) is 5.84 Å². The number of halogens is 2. The van der Waals surface area contributed by atoms with Crippen molar-refractivity contribution < 1.29 is 4.74 Å². The van der Waals surface area contributed by atoms with Crippen molar-refractivity contribution in [1.29, 1.82) is 0 Å². The molecule has 1 aliphatic heterocycles. The predicted molar refractivity (Wildman–Crippen MR) is 82.4 cm³/mol. The highest BCUT2D eigenvalue weighted by Crippen LogP contribution is 2.27. The first-order valence-electron chi connectivity index (χ1n) is 6.23. The highest BCUT2D eigenvalue weighted by molar-refractivity contribution is 14.1. The van der Waals surface area contributed by atoms with Crippen molar-refractivity contribution in [3.05, 3.63) is 32.4 Å². The van der Waals surface area contributed by atoms with Gasteiger partial charge < -0.3 is 4.74 Å². The number of rotatable bonds is 5. The van der Waals surface area contributed by atoms with Gasteiger partial charge in [0.25, 0.3) is 0 Å². The van der Waals surface area contributed by atoms with E-state index in [1.165, 1.54) is 12.8 Å². The Morgan fingerprint density at radius 1 is 1.56 bits per heavy atom. The molecular formula is C13H18ClIN2O.